The molecule has 0 atom stereocenters. The second-order valence-electron chi connectivity index (χ2n) is 4.32. The Morgan fingerprint density at radius 3 is 2.39 bits per heavy atom. The third kappa shape index (κ3) is 3.37. The van der Waals surface area contributed by atoms with Crippen LogP contribution < -0.4 is 5.32 Å². The molecule has 0 bridgehead atoms. The van der Waals surface area contributed by atoms with Crippen LogP contribution in [0.25, 0.3) is 0 Å². The largest absolute Gasteiger partial charge is 0.309 e. The molecule has 18 heavy (non-hydrogen) atoms. The van der Waals surface area contributed by atoms with Gasteiger partial charge in [0, 0.05) is 18.7 Å². The van der Waals surface area contributed by atoms with Crippen LogP contribution in [0.2, 0.25) is 0 Å². The molecule has 0 aliphatic rings. The topological polar surface area (TPSA) is 12.0 Å². The Bertz CT molecular complexity index is 521. The van der Waals surface area contributed by atoms with Crippen molar-refractivity contribution in [3.8, 4) is 0 Å². The van der Waals surface area contributed by atoms with Gasteiger partial charge in [0.15, 0.2) is 0 Å². The third-order valence-corrected chi connectivity index (χ3v) is 2.77. The lowest BCUT2D eigenvalue weighted by molar-refractivity contribution is 0.568. The van der Waals surface area contributed by atoms with Crippen molar-refractivity contribution in [2.75, 3.05) is 0 Å². The summed E-state index contributed by atoms with van der Waals surface area (Å²) in [6.07, 6.45) is 0. The number of rotatable bonds is 4. The maximum atomic E-state index is 13.3. The molecule has 0 amide bonds. The standard InChI is InChI=1S/C15H15F2N/c1-11-2-4-12(5-3-11)9-18-10-13-8-14(16)6-7-15(13)17/h2-8,18H,9-10H2,1H3. The summed E-state index contributed by atoms with van der Waals surface area (Å²) in [4.78, 5) is 0. The van der Waals surface area contributed by atoms with Crippen LogP contribution in [-0.4, -0.2) is 0 Å². The smallest absolute Gasteiger partial charge is 0.127 e. The Hall–Kier alpha value is -1.74. The van der Waals surface area contributed by atoms with E-state index in [0.717, 1.165) is 17.7 Å². The minimum Gasteiger partial charge on any atom is -0.309 e. The van der Waals surface area contributed by atoms with Gasteiger partial charge in [-0.05, 0) is 30.7 Å². The third-order valence-electron chi connectivity index (χ3n) is 2.77. The van der Waals surface area contributed by atoms with Gasteiger partial charge in [0.05, 0.1) is 0 Å². The van der Waals surface area contributed by atoms with E-state index in [0.29, 0.717) is 18.7 Å². The normalized spacial score (nSPS) is 10.6. The van der Waals surface area contributed by atoms with E-state index < -0.39 is 5.82 Å². The quantitative estimate of drug-likeness (QED) is 0.871. The molecule has 2 aromatic rings. The molecule has 94 valence electrons. The first-order valence-corrected chi connectivity index (χ1v) is 5.85. The highest BCUT2D eigenvalue weighted by Crippen LogP contribution is 2.10. The molecular formula is C15H15F2N. The molecule has 3 heteroatoms. The molecule has 0 saturated heterocycles. The van der Waals surface area contributed by atoms with Crippen molar-refractivity contribution in [3.63, 3.8) is 0 Å². The van der Waals surface area contributed by atoms with Gasteiger partial charge in [0.1, 0.15) is 11.6 Å². The molecule has 0 spiro atoms. The summed E-state index contributed by atoms with van der Waals surface area (Å²) in [5.41, 5.74) is 2.68. The zero-order chi connectivity index (χ0) is 13.0. The summed E-state index contributed by atoms with van der Waals surface area (Å²) >= 11 is 0. The van der Waals surface area contributed by atoms with Gasteiger partial charge in [0.2, 0.25) is 0 Å². The zero-order valence-electron chi connectivity index (χ0n) is 10.2. The maximum absolute atomic E-state index is 13.3. The van der Waals surface area contributed by atoms with Crippen LogP contribution in [0.15, 0.2) is 42.5 Å². The van der Waals surface area contributed by atoms with E-state index in [1.54, 1.807) is 0 Å². The fourth-order valence-electron chi connectivity index (χ4n) is 1.73. The second kappa shape index (κ2) is 5.74. The van der Waals surface area contributed by atoms with Crippen LogP contribution in [0, 0.1) is 18.6 Å². The van der Waals surface area contributed by atoms with Crippen molar-refractivity contribution < 1.29 is 8.78 Å². The maximum Gasteiger partial charge on any atom is 0.127 e. The highest BCUT2D eigenvalue weighted by Gasteiger charge is 2.03. The number of aryl methyl sites for hydroxylation is 1. The van der Waals surface area contributed by atoms with Gasteiger partial charge in [-0.25, -0.2) is 8.78 Å². The lowest BCUT2D eigenvalue weighted by Crippen LogP contribution is -2.13. The fourth-order valence-corrected chi connectivity index (χ4v) is 1.73. The van der Waals surface area contributed by atoms with Gasteiger partial charge in [-0.2, -0.15) is 0 Å². The Labute approximate surface area is 105 Å². The van der Waals surface area contributed by atoms with E-state index in [9.17, 15) is 8.78 Å². The van der Waals surface area contributed by atoms with Crippen molar-refractivity contribution >= 4 is 0 Å². The van der Waals surface area contributed by atoms with Gasteiger partial charge in [-0.3, -0.25) is 0 Å². The van der Waals surface area contributed by atoms with Crippen LogP contribution >= 0.6 is 0 Å². The molecule has 0 heterocycles. The van der Waals surface area contributed by atoms with Crippen LogP contribution in [0.5, 0.6) is 0 Å². The van der Waals surface area contributed by atoms with Gasteiger partial charge in [-0.15, -0.1) is 0 Å². The molecule has 0 saturated carbocycles. The summed E-state index contributed by atoms with van der Waals surface area (Å²) in [5.74, 6) is -0.795. The minimum atomic E-state index is -0.413. The first kappa shape index (κ1) is 12.7. The fraction of sp³-hybridized carbons (Fsp3) is 0.200. The number of hydrogen-bond acceptors (Lipinski definition) is 1. The summed E-state index contributed by atoms with van der Waals surface area (Å²) < 4.78 is 26.3. The number of nitrogens with one attached hydrogen (secondary N) is 1. The van der Waals surface area contributed by atoms with Crippen LogP contribution in [-0.2, 0) is 13.1 Å². The number of benzene rings is 2. The molecule has 0 aliphatic carbocycles. The van der Waals surface area contributed by atoms with Gasteiger partial charge in [-0.1, -0.05) is 29.8 Å². The molecule has 2 aromatic carbocycles. The molecule has 2 rings (SSSR count). The molecule has 1 N–H and O–H groups in total. The predicted octanol–water partition coefficient (Wildman–Crippen LogP) is 3.56. The zero-order valence-corrected chi connectivity index (χ0v) is 10.2. The van der Waals surface area contributed by atoms with Crippen LogP contribution in [0.3, 0.4) is 0 Å². The molecule has 0 unspecified atom stereocenters. The number of halogens is 2. The summed E-state index contributed by atoms with van der Waals surface area (Å²) in [5, 5.41) is 3.10. The van der Waals surface area contributed by atoms with Crippen molar-refractivity contribution in [1.82, 2.24) is 5.32 Å². The molecule has 0 fully saturated rings. The van der Waals surface area contributed by atoms with Crippen molar-refractivity contribution in [1.29, 1.82) is 0 Å². The summed E-state index contributed by atoms with van der Waals surface area (Å²) in [7, 11) is 0. The Balaban J connectivity index is 1.92. The van der Waals surface area contributed by atoms with E-state index >= 15 is 0 Å². The first-order chi connectivity index (χ1) is 8.65. The van der Waals surface area contributed by atoms with E-state index in [4.69, 9.17) is 0 Å². The van der Waals surface area contributed by atoms with E-state index in [1.165, 1.54) is 11.6 Å². The first-order valence-electron chi connectivity index (χ1n) is 5.85. The van der Waals surface area contributed by atoms with Gasteiger partial charge in [0.25, 0.3) is 0 Å². The van der Waals surface area contributed by atoms with Gasteiger partial charge >= 0.3 is 0 Å². The molecule has 0 aromatic heterocycles. The van der Waals surface area contributed by atoms with Crippen molar-refractivity contribution in [3.05, 3.63) is 70.8 Å². The lowest BCUT2D eigenvalue weighted by Gasteiger charge is -2.06. The Morgan fingerprint density at radius 2 is 1.67 bits per heavy atom. The highest BCUT2D eigenvalue weighted by molar-refractivity contribution is 5.22. The molecule has 1 nitrogen and oxygen atoms in total. The van der Waals surface area contributed by atoms with Crippen molar-refractivity contribution in [2.45, 2.75) is 20.0 Å². The van der Waals surface area contributed by atoms with E-state index in [-0.39, 0.29) is 5.82 Å². The van der Waals surface area contributed by atoms with E-state index in [1.807, 2.05) is 31.2 Å². The lowest BCUT2D eigenvalue weighted by atomic mass is 10.1. The SMILES string of the molecule is Cc1ccc(CNCc2cc(F)ccc2F)cc1. The molecule has 0 aliphatic heterocycles. The Kier molecular flexibility index (Phi) is 4.05. The predicted molar refractivity (Wildman–Crippen MR) is 68.1 cm³/mol. The summed E-state index contributed by atoms with van der Waals surface area (Å²) in [6.45, 7) is 2.98. The minimum absolute atomic E-state index is 0.317. The molecular weight excluding hydrogens is 232 g/mol. The second-order valence-corrected chi connectivity index (χ2v) is 4.32. The Morgan fingerprint density at radius 1 is 0.944 bits per heavy atom. The van der Waals surface area contributed by atoms with Crippen LogP contribution in [0.4, 0.5) is 8.78 Å². The number of hydrogen-bond donors (Lipinski definition) is 1. The van der Waals surface area contributed by atoms with Crippen molar-refractivity contribution in [2.24, 2.45) is 0 Å². The average molecular weight is 247 g/mol. The van der Waals surface area contributed by atoms with Gasteiger partial charge < -0.3 is 5.32 Å². The van der Waals surface area contributed by atoms with E-state index in [2.05, 4.69) is 5.32 Å². The summed E-state index contributed by atoms with van der Waals surface area (Å²) in [6, 6.07) is 11.6. The van der Waals surface area contributed by atoms with Crippen LogP contribution in [0.1, 0.15) is 16.7 Å². The molecule has 0 radical (unpaired) electrons. The monoisotopic (exact) mass is 247 g/mol. The average Bonchev–Trinajstić information content (AvgIpc) is 2.36. The highest BCUT2D eigenvalue weighted by atomic mass is 19.1.